The van der Waals surface area contributed by atoms with Crippen molar-refractivity contribution in [3.8, 4) is 0 Å². The number of nitrogens with zero attached hydrogens (tertiary/aromatic N) is 3. The Bertz CT molecular complexity index is 988. The zero-order chi connectivity index (χ0) is 23.6. The van der Waals surface area contributed by atoms with Crippen LogP contribution in [0, 0.1) is 5.92 Å². The molecule has 9 heteroatoms. The van der Waals surface area contributed by atoms with E-state index in [1.54, 1.807) is 6.07 Å². The van der Waals surface area contributed by atoms with Gasteiger partial charge in [0.05, 0.1) is 13.1 Å². The molecule has 1 aromatic heterocycles. The first-order chi connectivity index (χ1) is 16.5. The van der Waals surface area contributed by atoms with Gasteiger partial charge >= 0.3 is 5.97 Å². The number of hydrogen-bond acceptors (Lipinski definition) is 6. The monoisotopic (exact) mass is 546 g/mol. The molecule has 5 heterocycles. The molecule has 2 bridgehead atoms. The molecule has 0 unspecified atom stereocenters. The number of rotatable bonds is 7. The number of quaternary nitrogens is 1. The van der Waals surface area contributed by atoms with E-state index in [0.717, 1.165) is 57.4 Å². The summed E-state index contributed by atoms with van der Waals surface area (Å²) in [6, 6.07) is 11.7. The normalized spacial score (nSPS) is 27.9. The zero-order valence-corrected chi connectivity index (χ0v) is 21.9. The summed E-state index contributed by atoms with van der Waals surface area (Å²) in [6.07, 6.45) is 6.63. The number of carbonyl (C=O) groups is 2. The molecule has 8 nitrogen and oxygen atoms in total. The molecule has 1 aromatic carbocycles. The van der Waals surface area contributed by atoms with Crippen LogP contribution >= 0.6 is 0 Å². The molecule has 4 aliphatic rings. The van der Waals surface area contributed by atoms with Crippen LogP contribution in [-0.2, 0) is 19.9 Å². The van der Waals surface area contributed by atoms with Crippen molar-refractivity contribution < 1.29 is 40.3 Å². The van der Waals surface area contributed by atoms with Gasteiger partial charge in [-0.25, -0.2) is 4.79 Å². The smallest absolute Gasteiger partial charge is 0.331 e. The molecular weight excluding hydrogens is 512 g/mol. The summed E-state index contributed by atoms with van der Waals surface area (Å²) in [5.74, 6) is 0.550. The van der Waals surface area contributed by atoms with Gasteiger partial charge in [0.1, 0.15) is 18.3 Å². The van der Waals surface area contributed by atoms with Gasteiger partial charge in [0, 0.05) is 24.8 Å². The second-order valence-corrected chi connectivity index (χ2v) is 10.3. The van der Waals surface area contributed by atoms with Crippen LogP contribution in [0.2, 0.25) is 0 Å². The highest BCUT2D eigenvalue weighted by atomic mass is 79.9. The van der Waals surface area contributed by atoms with Crippen LogP contribution in [0.4, 0.5) is 5.82 Å². The molecule has 2 atom stereocenters. The molecule has 4 saturated heterocycles. The number of piperidine rings is 4. The standard InChI is InChI=1S/C26H34N4O4.BrH/c1-26(21-8-4-2-5-9-21,29-13-6-3-7-14-29)25(32)34-22-18-30(15-10-20(22)11-16-30)19-24(31)27-23-12-17-33-28-23;/h2,4-5,8-9,12,17,20,22H,3,6-7,10-11,13-16,18-19H2,1H3;1H/t20?,22-,26-,30?;/m0./s1. The topological polar surface area (TPSA) is 84.7 Å². The highest BCUT2D eigenvalue weighted by Gasteiger charge is 2.51. The molecule has 0 radical (unpaired) electrons. The fourth-order valence-electron chi connectivity index (χ4n) is 6.13. The predicted molar refractivity (Wildman–Crippen MR) is 127 cm³/mol. The molecule has 0 saturated carbocycles. The quantitative estimate of drug-likeness (QED) is 0.393. The van der Waals surface area contributed by atoms with Crippen LogP contribution in [0.15, 0.2) is 47.2 Å². The number of fused-ring (bicyclic) bond motifs is 3. The largest absolute Gasteiger partial charge is 1.00 e. The molecule has 4 aliphatic heterocycles. The summed E-state index contributed by atoms with van der Waals surface area (Å²) in [5, 5.41) is 6.59. The minimum atomic E-state index is -0.803. The molecule has 6 rings (SSSR count). The summed E-state index contributed by atoms with van der Waals surface area (Å²) in [6.45, 7) is 6.74. The number of anilines is 1. The highest BCUT2D eigenvalue weighted by Crippen LogP contribution is 2.38. The molecule has 0 aliphatic carbocycles. The van der Waals surface area contributed by atoms with E-state index in [-0.39, 0.29) is 35.0 Å². The number of amides is 1. The second-order valence-electron chi connectivity index (χ2n) is 10.3. The van der Waals surface area contributed by atoms with Gasteiger partial charge in [-0.2, -0.15) is 0 Å². The third-order valence-corrected chi connectivity index (χ3v) is 8.21. The number of benzene rings is 1. The maximum absolute atomic E-state index is 13.9. The van der Waals surface area contributed by atoms with E-state index in [0.29, 0.717) is 29.3 Å². The molecule has 1 N–H and O–H groups in total. The van der Waals surface area contributed by atoms with E-state index in [1.165, 1.54) is 12.7 Å². The van der Waals surface area contributed by atoms with Crippen molar-refractivity contribution in [3.05, 3.63) is 48.2 Å². The Morgan fingerprint density at radius 2 is 1.86 bits per heavy atom. The van der Waals surface area contributed by atoms with Gasteiger partial charge in [0.2, 0.25) is 0 Å². The first-order valence-corrected chi connectivity index (χ1v) is 12.6. The van der Waals surface area contributed by atoms with Crippen molar-refractivity contribution in [2.75, 3.05) is 44.6 Å². The maximum atomic E-state index is 13.9. The first-order valence-electron chi connectivity index (χ1n) is 12.6. The van der Waals surface area contributed by atoms with E-state index in [9.17, 15) is 9.59 Å². The number of aromatic nitrogens is 1. The van der Waals surface area contributed by atoms with Gasteiger partial charge in [-0.15, -0.1) is 0 Å². The molecular formula is C26H35BrN4O4. The number of hydrogen-bond donors (Lipinski definition) is 1. The van der Waals surface area contributed by atoms with Crippen molar-refractivity contribution in [3.63, 3.8) is 0 Å². The SMILES string of the molecule is C[C@@](C(=O)O[C@H]1C[N+]2(CC(=O)Nc3ccon3)CCC1CC2)(c1ccccc1)N1CCCCC1.[Br-]. The Hall–Kier alpha value is -2.23. The van der Waals surface area contributed by atoms with Crippen LogP contribution in [0.1, 0.15) is 44.6 Å². The van der Waals surface area contributed by atoms with Crippen LogP contribution in [0.5, 0.6) is 0 Å². The van der Waals surface area contributed by atoms with Crippen LogP contribution in [-0.4, -0.2) is 71.8 Å². The minimum absolute atomic E-state index is 0. The minimum Gasteiger partial charge on any atom is -1.00 e. The summed E-state index contributed by atoms with van der Waals surface area (Å²) in [7, 11) is 0. The van der Waals surface area contributed by atoms with E-state index in [4.69, 9.17) is 9.26 Å². The third-order valence-electron chi connectivity index (χ3n) is 8.21. The maximum Gasteiger partial charge on any atom is 0.331 e. The van der Waals surface area contributed by atoms with Gasteiger partial charge in [-0.05, 0) is 38.4 Å². The zero-order valence-electron chi connectivity index (χ0n) is 20.3. The molecule has 1 amide bonds. The number of carbonyl (C=O) groups excluding carboxylic acids is 2. The molecule has 4 fully saturated rings. The van der Waals surface area contributed by atoms with Gasteiger partial charge in [-0.1, -0.05) is 41.9 Å². The molecule has 0 spiro atoms. The second kappa shape index (κ2) is 10.8. The van der Waals surface area contributed by atoms with Crippen molar-refractivity contribution in [1.29, 1.82) is 0 Å². The Labute approximate surface area is 217 Å². The lowest BCUT2D eigenvalue weighted by Crippen LogP contribution is -3.00. The summed E-state index contributed by atoms with van der Waals surface area (Å²) < 4.78 is 11.8. The average Bonchev–Trinajstić information content (AvgIpc) is 3.37. The van der Waals surface area contributed by atoms with Gasteiger partial charge in [0.25, 0.3) is 5.91 Å². The van der Waals surface area contributed by atoms with Gasteiger partial charge in [0.15, 0.2) is 18.5 Å². The number of nitrogens with one attached hydrogen (secondary N) is 1. The summed E-state index contributed by atoms with van der Waals surface area (Å²) in [5.41, 5.74) is 0.183. The number of likely N-dealkylation sites (tertiary alicyclic amines) is 1. The van der Waals surface area contributed by atoms with Crippen molar-refractivity contribution in [2.45, 2.75) is 50.7 Å². The third kappa shape index (κ3) is 5.32. The van der Waals surface area contributed by atoms with Gasteiger partial charge in [-0.3, -0.25) is 9.69 Å². The van der Waals surface area contributed by atoms with Crippen LogP contribution in [0.25, 0.3) is 0 Å². The van der Waals surface area contributed by atoms with Crippen molar-refractivity contribution in [1.82, 2.24) is 10.1 Å². The van der Waals surface area contributed by atoms with Crippen LogP contribution < -0.4 is 22.3 Å². The predicted octanol–water partition coefficient (Wildman–Crippen LogP) is 0.171. The number of halogens is 1. The first kappa shape index (κ1) is 25.9. The Morgan fingerprint density at radius 1 is 1.14 bits per heavy atom. The summed E-state index contributed by atoms with van der Waals surface area (Å²) >= 11 is 0. The molecule has 190 valence electrons. The van der Waals surface area contributed by atoms with E-state index in [2.05, 4.69) is 15.4 Å². The average molecular weight is 547 g/mol. The number of esters is 1. The van der Waals surface area contributed by atoms with E-state index >= 15 is 0 Å². The summed E-state index contributed by atoms with van der Waals surface area (Å²) in [4.78, 5) is 28.9. The Balaban J connectivity index is 0.00000289. The number of ether oxygens (including phenoxy) is 1. The van der Waals surface area contributed by atoms with Crippen LogP contribution in [0.3, 0.4) is 0 Å². The van der Waals surface area contributed by atoms with E-state index < -0.39 is 5.54 Å². The Morgan fingerprint density at radius 3 is 2.51 bits per heavy atom. The fourth-order valence-corrected chi connectivity index (χ4v) is 6.13. The lowest BCUT2D eigenvalue weighted by atomic mass is 9.82. The fraction of sp³-hybridized carbons (Fsp3) is 0.577. The van der Waals surface area contributed by atoms with E-state index in [1.807, 2.05) is 37.3 Å². The van der Waals surface area contributed by atoms with Gasteiger partial charge < -0.3 is 36.0 Å². The molecule has 2 aromatic rings. The lowest BCUT2D eigenvalue weighted by molar-refractivity contribution is -0.939. The Kier molecular flexibility index (Phi) is 7.98. The molecule has 35 heavy (non-hydrogen) atoms. The van der Waals surface area contributed by atoms with Crippen molar-refractivity contribution in [2.24, 2.45) is 5.92 Å². The van der Waals surface area contributed by atoms with Crippen molar-refractivity contribution >= 4 is 17.7 Å². The highest BCUT2D eigenvalue weighted by molar-refractivity contribution is 5.90. The lowest BCUT2D eigenvalue weighted by Gasteiger charge is -2.52.